The predicted molar refractivity (Wildman–Crippen MR) is 86.8 cm³/mol. The van der Waals surface area contributed by atoms with Crippen molar-refractivity contribution in [3.05, 3.63) is 45.9 Å². The summed E-state index contributed by atoms with van der Waals surface area (Å²) in [5.41, 5.74) is 8.14. The summed E-state index contributed by atoms with van der Waals surface area (Å²) in [4.78, 5) is 18.3. The van der Waals surface area contributed by atoms with Crippen LogP contribution in [0.2, 0.25) is 0 Å². The summed E-state index contributed by atoms with van der Waals surface area (Å²) >= 11 is 1.47. The summed E-state index contributed by atoms with van der Waals surface area (Å²) in [6, 6.07) is 8.08. The van der Waals surface area contributed by atoms with Crippen LogP contribution in [0.5, 0.6) is 0 Å². The highest BCUT2D eigenvalue weighted by molar-refractivity contribution is 7.09. The fourth-order valence-corrected chi connectivity index (χ4v) is 2.63. The molecule has 0 aliphatic carbocycles. The second-order valence-electron chi connectivity index (χ2n) is 4.91. The van der Waals surface area contributed by atoms with Crippen LogP contribution in [0.15, 0.2) is 29.6 Å². The summed E-state index contributed by atoms with van der Waals surface area (Å²) in [6.07, 6.45) is 0.712. The van der Waals surface area contributed by atoms with Gasteiger partial charge < -0.3 is 16.0 Å². The van der Waals surface area contributed by atoms with Crippen LogP contribution in [0.1, 0.15) is 21.1 Å². The summed E-state index contributed by atoms with van der Waals surface area (Å²) in [5, 5.41) is 5.55. The van der Waals surface area contributed by atoms with Gasteiger partial charge >= 0.3 is 0 Å². The first kappa shape index (κ1) is 15.5. The molecule has 2 rings (SSSR count). The molecule has 0 atom stereocenters. The minimum atomic E-state index is -0.147. The van der Waals surface area contributed by atoms with Crippen molar-refractivity contribution in [2.75, 3.05) is 25.5 Å². The Labute approximate surface area is 128 Å². The molecule has 0 unspecified atom stereocenters. The Kier molecular flexibility index (Phi) is 5.30. The Morgan fingerprint density at radius 3 is 2.67 bits per heavy atom. The molecule has 0 fully saturated rings. The molecular formula is C15H20N4OS. The maximum Gasteiger partial charge on any atom is 0.271 e. The fraction of sp³-hybridized carbons (Fsp3) is 0.333. The third-order valence-corrected chi connectivity index (χ3v) is 3.96. The van der Waals surface area contributed by atoms with Crippen molar-refractivity contribution in [2.24, 2.45) is 5.73 Å². The van der Waals surface area contributed by atoms with Crippen LogP contribution in [0.25, 0.3) is 0 Å². The largest absolute Gasteiger partial charge is 0.378 e. The topological polar surface area (TPSA) is 71.2 Å². The molecule has 0 aliphatic rings. The molecule has 5 nitrogen and oxygen atoms in total. The number of aromatic nitrogens is 1. The van der Waals surface area contributed by atoms with E-state index in [4.69, 9.17) is 5.73 Å². The average molecular weight is 304 g/mol. The number of benzene rings is 1. The third kappa shape index (κ3) is 4.27. The lowest BCUT2D eigenvalue weighted by molar-refractivity contribution is 0.0946. The second-order valence-corrected chi connectivity index (χ2v) is 5.85. The van der Waals surface area contributed by atoms with Gasteiger partial charge in [0.2, 0.25) is 0 Å². The van der Waals surface area contributed by atoms with Gasteiger partial charge in [-0.25, -0.2) is 4.98 Å². The lowest BCUT2D eigenvalue weighted by atomic mass is 10.2. The summed E-state index contributed by atoms with van der Waals surface area (Å²) in [7, 11) is 4.00. The first-order valence-electron chi connectivity index (χ1n) is 6.79. The van der Waals surface area contributed by atoms with E-state index in [1.807, 2.05) is 43.3 Å². The van der Waals surface area contributed by atoms with Crippen LogP contribution in [0.3, 0.4) is 0 Å². The zero-order chi connectivity index (χ0) is 15.2. The van der Waals surface area contributed by atoms with E-state index >= 15 is 0 Å². The molecule has 21 heavy (non-hydrogen) atoms. The zero-order valence-electron chi connectivity index (χ0n) is 12.3. The van der Waals surface area contributed by atoms with Gasteiger partial charge in [0.1, 0.15) is 5.69 Å². The molecule has 0 bridgehead atoms. The number of hydrogen-bond acceptors (Lipinski definition) is 5. The third-order valence-electron chi connectivity index (χ3n) is 3.05. The highest BCUT2D eigenvalue weighted by Crippen LogP contribution is 2.13. The Hall–Kier alpha value is -1.92. The van der Waals surface area contributed by atoms with Gasteiger partial charge in [0.15, 0.2) is 0 Å². The van der Waals surface area contributed by atoms with E-state index in [-0.39, 0.29) is 5.91 Å². The standard InChI is InChI=1S/C15H20N4OS/c1-19(2)12-5-3-11(4-6-12)9-17-15(20)13-10-21-14(18-13)7-8-16/h3-6,10H,7-9,16H2,1-2H3,(H,17,20). The van der Waals surface area contributed by atoms with Gasteiger partial charge in [-0.1, -0.05) is 12.1 Å². The van der Waals surface area contributed by atoms with Crippen molar-refractivity contribution in [3.8, 4) is 0 Å². The van der Waals surface area contributed by atoms with Gasteiger partial charge in [-0.15, -0.1) is 11.3 Å². The Morgan fingerprint density at radius 1 is 1.33 bits per heavy atom. The van der Waals surface area contributed by atoms with Crippen LogP contribution in [-0.2, 0) is 13.0 Å². The minimum Gasteiger partial charge on any atom is -0.378 e. The summed E-state index contributed by atoms with van der Waals surface area (Å²) in [6.45, 7) is 1.04. The van der Waals surface area contributed by atoms with Crippen molar-refractivity contribution in [3.63, 3.8) is 0 Å². The van der Waals surface area contributed by atoms with Crippen LogP contribution in [0.4, 0.5) is 5.69 Å². The number of thiazole rings is 1. The van der Waals surface area contributed by atoms with Gasteiger partial charge in [-0.05, 0) is 24.2 Å². The highest BCUT2D eigenvalue weighted by Gasteiger charge is 2.10. The lowest BCUT2D eigenvalue weighted by Crippen LogP contribution is -2.23. The number of anilines is 1. The molecule has 0 saturated heterocycles. The van der Waals surface area contributed by atoms with Crippen molar-refractivity contribution in [1.29, 1.82) is 0 Å². The summed E-state index contributed by atoms with van der Waals surface area (Å²) < 4.78 is 0. The average Bonchev–Trinajstić information content (AvgIpc) is 2.94. The molecular weight excluding hydrogens is 284 g/mol. The molecule has 0 aliphatic heterocycles. The predicted octanol–water partition coefficient (Wildman–Crippen LogP) is 1.64. The lowest BCUT2D eigenvalue weighted by Gasteiger charge is -2.12. The van der Waals surface area contributed by atoms with Crippen molar-refractivity contribution >= 4 is 22.9 Å². The van der Waals surface area contributed by atoms with Crippen LogP contribution < -0.4 is 16.0 Å². The molecule has 0 radical (unpaired) electrons. The Bertz CT molecular complexity index is 592. The molecule has 3 N–H and O–H groups in total. The molecule has 6 heteroatoms. The maximum absolute atomic E-state index is 12.0. The first-order valence-corrected chi connectivity index (χ1v) is 7.67. The molecule has 112 valence electrons. The number of nitrogens with zero attached hydrogens (tertiary/aromatic N) is 2. The van der Waals surface area contributed by atoms with Gasteiger partial charge in [-0.3, -0.25) is 4.79 Å². The Balaban J connectivity index is 1.90. The van der Waals surface area contributed by atoms with Crippen molar-refractivity contribution < 1.29 is 4.79 Å². The summed E-state index contributed by atoms with van der Waals surface area (Å²) in [5.74, 6) is -0.147. The molecule has 1 amide bonds. The minimum absolute atomic E-state index is 0.147. The van der Waals surface area contributed by atoms with E-state index in [1.165, 1.54) is 11.3 Å². The van der Waals surface area contributed by atoms with Crippen molar-refractivity contribution in [1.82, 2.24) is 10.3 Å². The van der Waals surface area contributed by atoms with Gasteiger partial charge in [0, 0.05) is 38.1 Å². The van der Waals surface area contributed by atoms with Crippen LogP contribution >= 0.6 is 11.3 Å². The van der Waals surface area contributed by atoms with Gasteiger partial charge in [-0.2, -0.15) is 0 Å². The molecule has 1 aromatic carbocycles. The van der Waals surface area contributed by atoms with E-state index in [0.29, 0.717) is 25.2 Å². The second kappa shape index (κ2) is 7.19. The SMILES string of the molecule is CN(C)c1ccc(CNC(=O)c2csc(CCN)n2)cc1. The number of rotatable bonds is 6. The number of amides is 1. The number of carbonyl (C=O) groups is 1. The maximum atomic E-state index is 12.0. The molecule has 0 saturated carbocycles. The fourth-order valence-electron chi connectivity index (χ4n) is 1.84. The van der Waals surface area contributed by atoms with E-state index in [9.17, 15) is 4.79 Å². The normalized spacial score (nSPS) is 10.4. The van der Waals surface area contributed by atoms with Gasteiger partial charge in [0.05, 0.1) is 5.01 Å². The zero-order valence-corrected chi connectivity index (χ0v) is 13.1. The highest BCUT2D eigenvalue weighted by atomic mass is 32.1. The van der Waals surface area contributed by atoms with Crippen molar-refractivity contribution in [2.45, 2.75) is 13.0 Å². The van der Waals surface area contributed by atoms with Gasteiger partial charge in [0.25, 0.3) is 5.91 Å². The van der Waals surface area contributed by atoms with Crippen LogP contribution in [-0.4, -0.2) is 31.5 Å². The smallest absolute Gasteiger partial charge is 0.271 e. The van der Waals surface area contributed by atoms with Crippen LogP contribution in [0, 0.1) is 0 Å². The number of nitrogens with one attached hydrogen (secondary N) is 1. The number of hydrogen-bond donors (Lipinski definition) is 2. The molecule has 0 spiro atoms. The molecule has 1 aromatic heterocycles. The Morgan fingerprint density at radius 2 is 2.05 bits per heavy atom. The first-order chi connectivity index (χ1) is 10.1. The molecule has 2 aromatic rings. The van der Waals surface area contributed by atoms with E-state index in [2.05, 4.69) is 10.3 Å². The monoisotopic (exact) mass is 304 g/mol. The quantitative estimate of drug-likeness (QED) is 0.851. The van der Waals surface area contributed by atoms with E-state index in [0.717, 1.165) is 16.3 Å². The molecule has 1 heterocycles. The number of carbonyl (C=O) groups excluding carboxylic acids is 1. The van der Waals surface area contributed by atoms with E-state index < -0.39 is 0 Å². The van der Waals surface area contributed by atoms with E-state index in [1.54, 1.807) is 5.38 Å². The number of nitrogens with two attached hydrogens (primary N) is 1.